The van der Waals surface area contributed by atoms with Crippen LogP contribution in [0.3, 0.4) is 0 Å². The predicted octanol–water partition coefficient (Wildman–Crippen LogP) is 7.09. The van der Waals surface area contributed by atoms with E-state index in [2.05, 4.69) is 6.08 Å². The molecule has 130 valence electrons. The fraction of sp³-hybridized carbons (Fsp3) is 0.286. The van der Waals surface area contributed by atoms with E-state index >= 15 is 0 Å². The molecule has 0 bridgehead atoms. The number of benzene rings is 2. The zero-order valence-electron chi connectivity index (χ0n) is 14.1. The van der Waals surface area contributed by atoms with Crippen molar-refractivity contribution in [3.05, 3.63) is 71.9 Å². The SMILES string of the molecule is Fc1ccc(SC=CC(=Nc2ccccc2)SCC2CCCC2)cc1. The predicted molar refractivity (Wildman–Crippen MR) is 109 cm³/mol. The van der Waals surface area contributed by atoms with Gasteiger partial charge in [-0.05, 0) is 66.6 Å². The molecular formula is C21H22FNS2. The molecule has 0 atom stereocenters. The molecule has 0 N–H and O–H groups in total. The Morgan fingerprint density at radius 1 is 1.04 bits per heavy atom. The van der Waals surface area contributed by atoms with Crippen molar-refractivity contribution < 1.29 is 4.39 Å². The Balaban J connectivity index is 1.65. The van der Waals surface area contributed by atoms with Gasteiger partial charge in [-0.15, -0.1) is 11.8 Å². The Bertz CT molecular complexity index is 704. The molecule has 0 aromatic heterocycles. The third-order valence-corrected chi connectivity index (χ3v) is 6.14. The zero-order chi connectivity index (χ0) is 17.3. The summed E-state index contributed by atoms with van der Waals surface area (Å²) in [6.07, 6.45) is 7.50. The van der Waals surface area contributed by atoms with Crippen LogP contribution in [0.15, 0.2) is 76.0 Å². The lowest BCUT2D eigenvalue weighted by atomic mass is 10.1. The molecule has 1 aliphatic rings. The lowest BCUT2D eigenvalue weighted by Crippen LogP contribution is -1.99. The van der Waals surface area contributed by atoms with Crippen molar-refractivity contribution >= 4 is 34.3 Å². The molecule has 0 spiro atoms. The number of halogens is 1. The van der Waals surface area contributed by atoms with Gasteiger partial charge in [-0.3, -0.25) is 0 Å². The molecular weight excluding hydrogens is 349 g/mol. The van der Waals surface area contributed by atoms with E-state index in [0.717, 1.165) is 27.3 Å². The maximum Gasteiger partial charge on any atom is 0.123 e. The molecule has 4 heteroatoms. The van der Waals surface area contributed by atoms with Crippen LogP contribution in [0.5, 0.6) is 0 Å². The van der Waals surface area contributed by atoms with E-state index < -0.39 is 0 Å². The van der Waals surface area contributed by atoms with Gasteiger partial charge >= 0.3 is 0 Å². The second-order valence-corrected chi connectivity index (χ2v) is 8.14. The van der Waals surface area contributed by atoms with Crippen LogP contribution in [0.4, 0.5) is 10.1 Å². The van der Waals surface area contributed by atoms with Gasteiger partial charge in [0.2, 0.25) is 0 Å². The molecule has 0 heterocycles. The first-order valence-electron chi connectivity index (χ1n) is 8.65. The van der Waals surface area contributed by atoms with Crippen LogP contribution in [-0.2, 0) is 0 Å². The summed E-state index contributed by atoms with van der Waals surface area (Å²) < 4.78 is 13.0. The maximum atomic E-state index is 13.0. The topological polar surface area (TPSA) is 12.4 Å². The fourth-order valence-corrected chi connectivity index (χ4v) is 4.62. The third kappa shape index (κ3) is 6.37. The number of thioether (sulfide) groups is 2. The van der Waals surface area contributed by atoms with Crippen LogP contribution in [-0.4, -0.2) is 10.8 Å². The number of aliphatic imine (C=N–C) groups is 1. The molecule has 3 rings (SSSR count). The Hall–Kier alpha value is -1.52. The van der Waals surface area contributed by atoms with Crippen molar-refractivity contribution in [2.75, 3.05) is 5.75 Å². The van der Waals surface area contributed by atoms with Gasteiger partial charge < -0.3 is 0 Å². The van der Waals surface area contributed by atoms with Crippen molar-refractivity contribution in [3.63, 3.8) is 0 Å². The van der Waals surface area contributed by atoms with Crippen LogP contribution < -0.4 is 0 Å². The summed E-state index contributed by atoms with van der Waals surface area (Å²) in [6.45, 7) is 0. The van der Waals surface area contributed by atoms with Gasteiger partial charge in [0.25, 0.3) is 0 Å². The first-order valence-corrected chi connectivity index (χ1v) is 10.5. The molecule has 2 aromatic rings. The van der Waals surface area contributed by atoms with Crippen molar-refractivity contribution in [1.82, 2.24) is 0 Å². The Morgan fingerprint density at radius 2 is 1.76 bits per heavy atom. The zero-order valence-corrected chi connectivity index (χ0v) is 15.7. The average Bonchev–Trinajstić information content (AvgIpc) is 3.16. The summed E-state index contributed by atoms with van der Waals surface area (Å²) in [4.78, 5) is 5.81. The normalized spacial score (nSPS) is 16.0. The van der Waals surface area contributed by atoms with Crippen molar-refractivity contribution in [2.45, 2.75) is 30.6 Å². The highest BCUT2D eigenvalue weighted by atomic mass is 32.2. The lowest BCUT2D eigenvalue weighted by Gasteiger charge is -2.08. The third-order valence-electron chi connectivity index (χ3n) is 4.17. The highest BCUT2D eigenvalue weighted by Gasteiger charge is 2.15. The molecule has 1 saturated carbocycles. The van der Waals surface area contributed by atoms with Crippen LogP contribution in [0, 0.1) is 11.7 Å². The first kappa shape index (κ1) is 18.3. The number of rotatable bonds is 6. The van der Waals surface area contributed by atoms with Gasteiger partial charge in [0.15, 0.2) is 0 Å². The molecule has 0 aliphatic heterocycles. The molecule has 1 aliphatic carbocycles. The molecule has 0 saturated heterocycles. The Kier molecular flexibility index (Phi) is 7.19. The van der Waals surface area contributed by atoms with E-state index in [1.165, 1.54) is 37.8 Å². The molecule has 1 nitrogen and oxygen atoms in total. The largest absolute Gasteiger partial charge is 0.242 e. The summed E-state index contributed by atoms with van der Waals surface area (Å²) in [6, 6.07) is 16.6. The maximum absolute atomic E-state index is 13.0. The fourth-order valence-electron chi connectivity index (χ4n) is 2.81. The van der Waals surface area contributed by atoms with E-state index in [0.29, 0.717) is 0 Å². The Labute approximate surface area is 157 Å². The van der Waals surface area contributed by atoms with E-state index in [4.69, 9.17) is 4.99 Å². The first-order chi connectivity index (χ1) is 12.3. The van der Waals surface area contributed by atoms with Crippen LogP contribution in [0.2, 0.25) is 0 Å². The summed E-state index contributed by atoms with van der Waals surface area (Å²) in [5.41, 5.74) is 0.979. The number of nitrogens with zero attached hydrogens (tertiary/aromatic N) is 1. The average molecular weight is 372 g/mol. The van der Waals surface area contributed by atoms with Gasteiger partial charge in [-0.2, -0.15) is 0 Å². The summed E-state index contributed by atoms with van der Waals surface area (Å²) in [5, 5.41) is 3.07. The standard InChI is InChI=1S/C21H22FNS2/c22-18-10-12-20(13-11-18)24-15-14-21(23-19-8-2-1-3-9-19)25-16-17-6-4-5-7-17/h1-3,8-15,17H,4-7,16H2. The van der Waals surface area contributed by atoms with E-state index in [9.17, 15) is 4.39 Å². The van der Waals surface area contributed by atoms with Gasteiger partial charge in [0.05, 0.1) is 10.7 Å². The van der Waals surface area contributed by atoms with Gasteiger partial charge in [-0.25, -0.2) is 9.38 Å². The van der Waals surface area contributed by atoms with Gasteiger partial charge in [0.1, 0.15) is 5.82 Å². The van der Waals surface area contributed by atoms with Gasteiger partial charge in [-0.1, -0.05) is 42.8 Å². The smallest absolute Gasteiger partial charge is 0.123 e. The number of hydrogen-bond acceptors (Lipinski definition) is 3. The second-order valence-electron chi connectivity index (χ2n) is 6.12. The van der Waals surface area contributed by atoms with E-state index in [1.807, 2.05) is 47.5 Å². The highest BCUT2D eigenvalue weighted by molar-refractivity contribution is 8.14. The van der Waals surface area contributed by atoms with Crippen LogP contribution in [0.25, 0.3) is 0 Å². The quantitative estimate of drug-likeness (QED) is 0.305. The summed E-state index contributed by atoms with van der Waals surface area (Å²) in [5.74, 6) is 1.76. The van der Waals surface area contributed by atoms with Crippen molar-refractivity contribution in [1.29, 1.82) is 0 Å². The van der Waals surface area contributed by atoms with E-state index in [1.54, 1.807) is 23.9 Å². The lowest BCUT2D eigenvalue weighted by molar-refractivity contribution is 0.624. The molecule has 1 fully saturated rings. The Morgan fingerprint density at radius 3 is 2.48 bits per heavy atom. The minimum Gasteiger partial charge on any atom is -0.242 e. The molecule has 0 radical (unpaired) electrons. The summed E-state index contributed by atoms with van der Waals surface area (Å²) in [7, 11) is 0. The van der Waals surface area contributed by atoms with Crippen LogP contribution >= 0.6 is 23.5 Å². The van der Waals surface area contributed by atoms with Crippen LogP contribution in [0.1, 0.15) is 25.7 Å². The molecule has 0 unspecified atom stereocenters. The minimum absolute atomic E-state index is 0.202. The minimum atomic E-state index is -0.202. The van der Waals surface area contributed by atoms with E-state index in [-0.39, 0.29) is 5.82 Å². The second kappa shape index (κ2) is 9.83. The number of para-hydroxylation sites is 1. The monoisotopic (exact) mass is 371 g/mol. The summed E-state index contributed by atoms with van der Waals surface area (Å²) >= 11 is 3.43. The molecule has 0 amide bonds. The molecule has 25 heavy (non-hydrogen) atoms. The van der Waals surface area contributed by atoms with Gasteiger partial charge in [0, 0.05) is 10.6 Å². The van der Waals surface area contributed by atoms with Crippen molar-refractivity contribution in [2.24, 2.45) is 10.9 Å². The molecule has 2 aromatic carbocycles. The highest BCUT2D eigenvalue weighted by Crippen LogP contribution is 2.29. The van der Waals surface area contributed by atoms with Crippen molar-refractivity contribution in [3.8, 4) is 0 Å². The number of hydrogen-bond donors (Lipinski definition) is 0.